The van der Waals surface area contributed by atoms with Gasteiger partial charge in [-0.15, -0.1) is 11.3 Å². The molecule has 0 bridgehead atoms. The molecule has 3 aromatic heterocycles. The largest absolute Gasteiger partial charge is 0.351 e. The topological polar surface area (TPSA) is 68.4 Å². The first-order valence-corrected chi connectivity index (χ1v) is 11.2. The number of carbonyl (C=O) groups is 1. The van der Waals surface area contributed by atoms with Gasteiger partial charge in [0.15, 0.2) is 0 Å². The summed E-state index contributed by atoms with van der Waals surface area (Å²) >= 11 is 1.72. The van der Waals surface area contributed by atoms with Gasteiger partial charge < -0.3 is 5.32 Å². The van der Waals surface area contributed by atoms with Gasteiger partial charge in [-0.25, -0.2) is 4.68 Å². The van der Waals surface area contributed by atoms with E-state index in [4.69, 9.17) is 0 Å². The number of carbonyl (C=O) groups excluding carboxylic acids is 1. The number of rotatable bonds is 5. The molecule has 3 aromatic rings. The van der Waals surface area contributed by atoms with Crippen molar-refractivity contribution in [3.05, 3.63) is 33.2 Å². The third-order valence-corrected chi connectivity index (χ3v) is 7.12. The monoisotopic (exact) mass is 400 g/mol. The normalized spacial score (nSPS) is 20.1. The molecular formula is C21H28N4O2S. The van der Waals surface area contributed by atoms with Crippen molar-refractivity contribution in [1.82, 2.24) is 19.5 Å². The molecule has 2 atom stereocenters. The minimum absolute atomic E-state index is 0.0232. The summed E-state index contributed by atoms with van der Waals surface area (Å²) in [4.78, 5) is 26.9. The molecule has 6 nitrogen and oxygen atoms in total. The minimum atomic E-state index is -0.203. The van der Waals surface area contributed by atoms with E-state index in [0.29, 0.717) is 17.9 Å². The van der Waals surface area contributed by atoms with Crippen molar-refractivity contribution in [2.75, 3.05) is 0 Å². The number of nitrogens with one attached hydrogen (secondary N) is 1. The maximum Gasteiger partial charge on any atom is 0.291 e. The fourth-order valence-electron chi connectivity index (χ4n) is 4.27. The molecule has 0 aromatic carbocycles. The Bertz CT molecular complexity index is 1080. The average Bonchev–Trinajstić information content (AvgIpc) is 3.24. The fraction of sp³-hybridized carbons (Fsp3) is 0.571. The first kappa shape index (κ1) is 19.2. The molecule has 28 heavy (non-hydrogen) atoms. The highest BCUT2D eigenvalue weighted by Crippen LogP contribution is 2.29. The molecule has 1 saturated carbocycles. The van der Waals surface area contributed by atoms with E-state index in [2.05, 4.69) is 30.3 Å². The van der Waals surface area contributed by atoms with Crippen LogP contribution in [0.25, 0.3) is 15.7 Å². The Morgan fingerprint density at radius 2 is 2.00 bits per heavy atom. The van der Waals surface area contributed by atoms with Crippen molar-refractivity contribution in [1.29, 1.82) is 0 Å². The average molecular weight is 401 g/mol. The van der Waals surface area contributed by atoms with Crippen molar-refractivity contribution in [3.63, 3.8) is 0 Å². The third kappa shape index (κ3) is 3.36. The van der Waals surface area contributed by atoms with Gasteiger partial charge in [0, 0.05) is 17.3 Å². The number of thiophene rings is 1. The molecule has 0 saturated heterocycles. The van der Waals surface area contributed by atoms with Crippen LogP contribution in [0.15, 0.2) is 16.9 Å². The van der Waals surface area contributed by atoms with Crippen LogP contribution in [0.5, 0.6) is 0 Å². The minimum Gasteiger partial charge on any atom is -0.351 e. The highest BCUT2D eigenvalue weighted by atomic mass is 32.1. The second-order valence-corrected chi connectivity index (χ2v) is 9.02. The summed E-state index contributed by atoms with van der Waals surface area (Å²) in [7, 11) is 0. The molecule has 3 heterocycles. The van der Waals surface area contributed by atoms with Gasteiger partial charge in [-0.05, 0) is 37.3 Å². The summed E-state index contributed by atoms with van der Waals surface area (Å²) in [5, 5.41) is 7.66. The number of hydrogen-bond acceptors (Lipinski definition) is 4. The first-order valence-electron chi connectivity index (χ1n) is 10.3. The summed E-state index contributed by atoms with van der Waals surface area (Å²) in [5.74, 6) is 1.17. The molecule has 1 aliphatic rings. The maximum atomic E-state index is 13.0. The van der Waals surface area contributed by atoms with Crippen LogP contribution in [0.3, 0.4) is 0 Å². The molecule has 1 fully saturated rings. The Morgan fingerprint density at radius 3 is 2.71 bits per heavy atom. The van der Waals surface area contributed by atoms with Crippen molar-refractivity contribution in [3.8, 4) is 0 Å². The second kappa shape index (κ2) is 7.70. The van der Waals surface area contributed by atoms with Gasteiger partial charge >= 0.3 is 0 Å². The lowest BCUT2D eigenvalue weighted by molar-refractivity contribution is -0.123. The standard InChI is InChI=1S/C21H28N4O2S/c1-4-14-10-16-18(28-14)11-17-21(27)24(23-19(5-2)25(16)17)12-20(26)22-15-9-7-6-8-13(15)3/h10-11,13,15H,4-9,12H2,1-3H3,(H,22,26)/t13-,15-/m0/s1. The van der Waals surface area contributed by atoms with Crippen molar-refractivity contribution >= 4 is 33.0 Å². The van der Waals surface area contributed by atoms with Gasteiger partial charge in [0.25, 0.3) is 5.56 Å². The lowest BCUT2D eigenvalue weighted by atomic mass is 9.86. The molecular weight excluding hydrogens is 372 g/mol. The summed E-state index contributed by atoms with van der Waals surface area (Å²) in [6.07, 6.45) is 6.22. The van der Waals surface area contributed by atoms with Gasteiger partial charge in [-0.2, -0.15) is 5.10 Å². The van der Waals surface area contributed by atoms with Crippen LogP contribution in [0.1, 0.15) is 57.2 Å². The van der Waals surface area contributed by atoms with E-state index in [0.717, 1.165) is 41.7 Å². The van der Waals surface area contributed by atoms with Crippen molar-refractivity contribution < 1.29 is 4.79 Å². The molecule has 1 amide bonds. The lowest BCUT2D eigenvalue weighted by Crippen LogP contribution is -2.44. The Kier molecular flexibility index (Phi) is 5.27. The predicted octanol–water partition coefficient (Wildman–Crippen LogP) is 3.53. The van der Waals surface area contributed by atoms with E-state index < -0.39 is 0 Å². The van der Waals surface area contributed by atoms with Gasteiger partial charge in [0.05, 0.1) is 10.2 Å². The molecule has 7 heteroatoms. The Morgan fingerprint density at radius 1 is 1.21 bits per heavy atom. The van der Waals surface area contributed by atoms with Crippen molar-refractivity contribution in [2.45, 2.75) is 71.9 Å². The quantitative estimate of drug-likeness (QED) is 0.712. The smallest absolute Gasteiger partial charge is 0.291 e. The SMILES string of the molecule is CCc1cc2c(cc3c(=O)n(CC(=O)N[C@H]4CCCC[C@@H]4C)nc(CC)n32)s1. The van der Waals surface area contributed by atoms with Crippen LogP contribution < -0.4 is 10.9 Å². The highest BCUT2D eigenvalue weighted by molar-refractivity contribution is 7.19. The molecule has 1 aliphatic carbocycles. The molecule has 0 spiro atoms. The molecule has 0 aliphatic heterocycles. The molecule has 0 unspecified atom stereocenters. The summed E-state index contributed by atoms with van der Waals surface area (Å²) in [6.45, 7) is 6.33. The maximum absolute atomic E-state index is 13.0. The van der Waals surface area contributed by atoms with Crippen LogP contribution in [-0.2, 0) is 24.2 Å². The van der Waals surface area contributed by atoms with Gasteiger partial charge in [0.1, 0.15) is 17.9 Å². The van der Waals surface area contributed by atoms with Crippen LogP contribution >= 0.6 is 11.3 Å². The van der Waals surface area contributed by atoms with Crippen LogP contribution in [0.4, 0.5) is 0 Å². The Labute approximate surface area is 168 Å². The first-order chi connectivity index (χ1) is 13.5. The van der Waals surface area contributed by atoms with E-state index in [1.165, 1.54) is 16.0 Å². The van der Waals surface area contributed by atoms with E-state index in [1.807, 2.05) is 17.4 Å². The lowest BCUT2D eigenvalue weighted by Gasteiger charge is -2.29. The zero-order valence-corrected chi connectivity index (χ0v) is 17.6. The Hall–Kier alpha value is -2.15. The Balaban J connectivity index is 1.66. The van der Waals surface area contributed by atoms with E-state index in [9.17, 15) is 9.59 Å². The molecule has 150 valence electrons. The van der Waals surface area contributed by atoms with Crippen molar-refractivity contribution in [2.24, 2.45) is 5.92 Å². The zero-order valence-electron chi connectivity index (χ0n) is 16.8. The number of nitrogens with zero attached hydrogens (tertiary/aromatic N) is 3. The zero-order chi connectivity index (χ0) is 19.8. The van der Waals surface area contributed by atoms with E-state index in [1.54, 1.807) is 11.3 Å². The summed E-state index contributed by atoms with van der Waals surface area (Å²) in [6, 6.07) is 4.30. The van der Waals surface area contributed by atoms with Gasteiger partial charge in [0.2, 0.25) is 5.91 Å². The van der Waals surface area contributed by atoms with Gasteiger partial charge in [-0.3, -0.25) is 14.0 Å². The van der Waals surface area contributed by atoms with E-state index in [-0.39, 0.29) is 24.1 Å². The number of aromatic nitrogens is 3. The van der Waals surface area contributed by atoms with Crippen LogP contribution in [0, 0.1) is 5.92 Å². The number of aryl methyl sites for hydroxylation is 2. The molecule has 1 N–H and O–H groups in total. The summed E-state index contributed by atoms with van der Waals surface area (Å²) < 4.78 is 4.40. The fourth-order valence-corrected chi connectivity index (χ4v) is 5.29. The van der Waals surface area contributed by atoms with E-state index >= 15 is 0 Å². The van der Waals surface area contributed by atoms with Gasteiger partial charge in [-0.1, -0.05) is 33.6 Å². The molecule has 4 rings (SSSR count). The van der Waals surface area contributed by atoms with Crippen LogP contribution in [0.2, 0.25) is 0 Å². The number of hydrogen-bond donors (Lipinski definition) is 1. The highest BCUT2D eigenvalue weighted by Gasteiger charge is 2.23. The number of amides is 1. The molecule has 0 radical (unpaired) electrons. The van der Waals surface area contributed by atoms with Crippen LogP contribution in [-0.4, -0.2) is 26.1 Å². The predicted molar refractivity (Wildman–Crippen MR) is 113 cm³/mol. The second-order valence-electron chi connectivity index (χ2n) is 7.85. The summed E-state index contributed by atoms with van der Waals surface area (Å²) in [5.41, 5.74) is 1.45. The number of fused-ring (bicyclic) bond motifs is 3. The third-order valence-electron chi connectivity index (χ3n) is 5.90.